The van der Waals surface area contributed by atoms with E-state index in [4.69, 9.17) is 14.9 Å². The van der Waals surface area contributed by atoms with Crippen LogP contribution in [0.3, 0.4) is 0 Å². The van der Waals surface area contributed by atoms with E-state index < -0.39 is 0 Å². The number of hydrogen-bond acceptors (Lipinski definition) is 5. The minimum absolute atomic E-state index is 0.148. The maximum atomic E-state index is 9.43. The Hall–Kier alpha value is -2.71. The first kappa shape index (κ1) is 12.1. The highest BCUT2D eigenvalue weighted by Gasteiger charge is 2.35. The lowest BCUT2D eigenvalue weighted by Gasteiger charge is -2.21. The molecule has 1 atom stereocenters. The van der Waals surface area contributed by atoms with Gasteiger partial charge in [-0.15, -0.1) is 11.3 Å². The van der Waals surface area contributed by atoms with Crippen LogP contribution in [0, 0.1) is 11.3 Å². The Morgan fingerprint density at radius 2 is 2.05 bits per heavy atom. The molecule has 0 spiro atoms. The Balaban J connectivity index is 2.03. The van der Waals surface area contributed by atoms with Crippen molar-refractivity contribution in [3.63, 3.8) is 0 Å². The topological polar surface area (TPSA) is 72.2 Å². The van der Waals surface area contributed by atoms with Crippen molar-refractivity contribution in [2.75, 3.05) is 0 Å². The number of fused-ring (bicyclic) bond motifs is 3. The molecule has 1 unspecified atom stereocenters. The summed E-state index contributed by atoms with van der Waals surface area (Å²) in [6.07, 6.45) is 1.60. The number of nitriles is 1. The monoisotopic (exact) mass is 294 g/mol. The molecule has 2 N–H and O–H groups in total. The highest BCUT2D eigenvalue weighted by Crippen LogP contribution is 2.50. The zero-order chi connectivity index (χ0) is 14.4. The fraction of sp³-hybridized carbons (Fsp3) is 0.0625. The van der Waals surface area contributed by atoms with E-state index in [1.54, 1.807) is 17.6 Å². The van der Waals surface area contributed by atoms with Crippen molar-refractivity contribution in [1.82, 2.24) is 0 Å². The molecule has 1 aromatic carbocycles. The third-order valence-electron chi connectivity index (χ3n) is 3.55. The number of benzene rings is 1. The molecule has 0 aliphatic carbocycles. The quantitative estimate of drug-likeness (QED) is 0.742. The van der Waals surface area contributed by atoms with Crippen LogP contribution in [0.5, 0.6) is 5.75 Å². The van der Waals surface area contributed by atoms with Crippen molar-refractivity contribution in [2.24, 2.45) is 5.73 Å². The highest BCUT2D eigenvalue weighted by atomic mass is 32.1. The Bertz CT molecular complexity index is 900. The van der Waals surface area contributed by atoms with E-state index in [-0.39, 0.29) is 11.8 Å². The van der Waals surface area contributed by atoms with Crippen LogP contribution in [0.1, 0.15) is 16.6 Å². The Morgan fingerprint density at radius 3 is 2.81 bits per heavy atom. The molecule has 4 rings (SSSR count). The number of nitrogens with zero attached hydrogens (tertiary/aromatic N) is 1. The first-order valence-electron chi connectivity index (χ1n) is 6.42. The van der Waals surface area contributed by atoms with E-state index in [9.17, 15) is 5.26 Å². The third kappa shape index (κ3) is 1.66. The van der Waals surface area contributed by atoms with Crippen LogP contribution in [0.4, 0.5) is 0 Å². The SMILES string of the molecule is N#CC1=C(N)Oc2c(sc3ccccc23)C1c1ccco1. The second-order valence-corrected chi connectivity index (χ2v) is 5.82. The molecule has 0 fully saturated rings. The van der Waals surface area contributed by atoms with Gasteiger partial charge >= 0.3 is 0 Å². The lowest BCUT2D eigenvalue weighted by molar-refractivity contribution is 0.392. The van der Waals surface area contributed by atoms with Gasteiger partial charge in [0, 0.05) is 10.1 Å². The number of rotatable bonds is 1. The van der Waals surface area contributed by atoms with E-state index in [1.165, 1.54) is 0 Å². The van der Waals surface area contributed by atoms with Gasteiger partial charge in [0.25, 0.3) is 0 Å². The van der Waals surface area contributed by atoms with Gasteiger partial charge in [-0.3, -0.25) is 0 Å². The van der Waals surface area contributed by atoms with Gasteiger partial charge in [0.15, 0.2) is 5.75 Å². The second kappa shape index (κ2) is 4.40. The summed E-state index contributed by atoms with van der Waals surface area (Å²) in [5, 5.41) is 10.4. The van der Waals surface area contributed by atoms with Gasteiger partial charge in [-0.05, 0) is 24.3 Å². The zero-order valence-electron chi connectivity index (χ0n) is 10.9. The molecule has 1 aliphatic heterocycles. The van der Waals surface area contributed by atoms with Gasteiger partial charge in [-0.1, -0.05) is 12.1 Å². The van der Waals surface area contributed by atoms with Crippen molar-refractivity contribution in [3.05, 3.63) is 64.8 Å². The Morgan fingerprint density at radius 1 is 1.19 bits per heavy atom. The molecule has 21 heavy (non-hydrogen) atoms. The number of hydrogen-bond donors (Lipinski definition) is 1. The summed E-state index contributed by atoms with van der Waals surface area (Å²) in [6.45, 7) is 0. The average Bonchev–Trinajstić information content (AvgIpc) is 3.13. The average molecular weight is 294 g/mol. The third-order valence-corrected chi connectivity index (χ3v) is 4.77. The lowest BCUT2D eigenvalue weighted by atomic mass is 9.93. The van der Waals surface area contributed by atoms with Gasteiger partial charge in [0.1, 0.15) is 17.4 Å². The normalized spacial score (nSPS) is 17.4. The van der Waals surface area contributed by atoms with Crippen LogP contribution < -0.4 is 10.5 Å². The molecule has 1 aliphatic rings. The predicted molar refractivity (Wildman–Crippen MR) is 79.8 cm³/mol. The summed E-state index contributed by atoms with van der Waals surface area (Å²) in [4.78, 5) is 0.955. The number of ether oxygens (including phenoxy) is 1. The molecule has 5 heteroatoms. The van der Waals surface area contributed by atoms with Gasteiger partial charge < -0.3 is 14.9 Å². The molecule has 102 valence electrons. The standard InChI is InChI=1S/C16H10N2O2S/c17-8-10-13(11-5-3-7-19-11)15-14(20-16(10)18)9-4-1-2-6-12(9)21-15/h1-7,13H,18H2. The Labute approximate surface area is 124 Å². The molecule has 0 radical (unpaired) electrons. The molecule has 4 nitrogen and oxygen atoms in total. The van der Waals surface area contributed by atoms with Crippen LogP contribution in [-0.4, -0.2) is 0 Å². The number of allylic oxidation sites excluding steroid dienone is 1. The summed E-state index contributed by atoms with van der Waals surface area (Å²) >= 11 is 1.60. The van der Waals surface area contributed by atoms with Crippen molar-refractivity contribution in [2.45, 2.75) is 5.92 Å². The van der Waals surface area contributed by atoms with Crippen LogP contribution in [0.25, 0.3) is 10.1 Å². The van der Waals surface area contributed by atoms with Crippen LogP contribution in [0.15, 0.2) is 58.5 Å². The largest absolute Gasteiger partial charge is 0.468 e. The molecular formula is C16H10N2O2S. The van der Waals surface area contributed by atoms with Crippen LogP contribution in [0.2, 0.25) is 0 Å². The second-order valence-electron chi connectivity index (χ2n) is 4.73. The number of furan rings is 1. The fourth-order valence-electron chi connectivity index (χ4n) is 2.62. The van der Waals surface area contributed by atoms with Gasteiger partial charge in [0.05, 0.1) is 17.1 Å². The van der Waals surface area contributed by atoms with Crippen molar-refractivity contribution >= 4 is 21.4 Å². The minimum Gasteiger partial charge on any atom is -0.468 e. The minimum atomic E-state index is -0.300. The zero-order valence-corrected chi connectivity index (χ0v) is 11.7. The van der Waals surface area contributed by atoms with Crippen LogP contribution >= 0.6 is 11.3 Å². The molecule has 0 saturated heterocycles. The summed E-state index contributed by atoms with van der Waals surface area (Å²) in [6, 6.07) is 13.8. The number of thiophene rings is 1. The molecule has 3 aromatic rings. The van der Waals surface area contributed by atoms with Crippen molar-refractivity contribution < 1.29 is 9.15 Å². The summed E-state index contributed by atoms with van der Waals surface area (Å²) in [5.74, 6) is 1.28. The van der Waals surface area contributed by atoms with E-state index in [0.29, 0.717) is 11.3 Å². The van der Waals surface area contributed by atoms with E-state index >= 15 is 0 Å². The smallest absolute Gasteiger partial charge is 0.205 e. The van der Waals surface area contributed by atoms with Crippen molar-refractivity contribution in [1.29, 1.82) is 5.26 Å². The summed E-state index contributed by atoms with van der Waals surface area (Å²) in [5.41, 5.74) is 6.34. The molecule has 2 aromatic heterocycles. The fourth-order valence-corrected chi connectivity index (χ4v) is 3.87. The molecule has 3 heterocycles. The maximum absolute atomic E-state index is 9.43. The molecule has 0 amide bonds. The number of nitrogens with two attached hydrogens (primary N) is 1. The first-order chi connectivity index (χ1) is 10.3. The Kier molecular flexibility index (Phi) is 2.53. The van der Waals surface area contributed by atoms with Gasteiger partial charge in [-0.25, -0.2) is 0 Å². The summed E-state index contributed by atoms with van der Waals surface area (Å²) in [7, 11) is 0. The maximum Gasteiger partial charge on any atom is 0.205 e. The van der Waals surface area contributed by atoms with Gasteiger partial charge in [0.2, 0.25) is 5.88 Å². The van der Waals surface area contributed by atoms with E-state index in [0.717, 1.165) is 20.7 Å². The predicted octanol–water partition coefficient (Wildman–Crippen LogP) is 3.71. The molecule has 0 saturated carbocycles. The van der Waals surface area contributed by atoms with E-state index in [2.05, 4.69) is 6.07 Å². The van der Waals surface area contributed by atoms with Gasteiger partial charge in [-0.2, -0.15) is 5.26 Å². The molecular weight excluding hydrogens is 284 g/mol. The lowest BCUT2D eigenvalue weighted by Crippen LogP contribution is -2.19. The van der Waals surface area contributed by atoms with Crippen molar-refractivity contribution in [3.8, 4) is 11.8 Å². The van der Waals surface area contributed by atoms with E-state index in [1.807, 2.05) is 36.4 Å². The first-order valence-corrected chi connectivity index (χ1v) is 7.23. The highest BCUT2D eigenvalue weighted by molar-refractivity contribution is 7.19. The van der Waals surface area contributed by atoms with Crippen LogP contribution in [-0.2, 0) is 0 Å². The molecule has 0 bridgehead atoms. The summed E-state index contributed by atoms with van der Waals surface area (Å²) < 4.78 is 12.3.